The SMILES string of the molecule is CC(C)c1ccc(C2CC(N)CN(C3CCCC3)C2)cc1. The number of hydrogen-bond acceptors (Lipinski definition) is 2. The second-order valence-corrected chi connectivity index (χ2v) is 7.41. The summed E-state index contributed by atoms with van der Waals surface area (Å²) in [5.74, 6) is 1.23. The molecule has 1 aromatic rings. The lowest BCUT2D eigenvalue weighted by atomic mass is 9.86. The van der Waals surface area contributed by atoms with Gasteiger partial charge in [0.2, 0.25) is 0 Å². The monoisotopic (exact) mass is 286 g/mol. The van der Waals surface area contributed by atoms with Crippen molar-refractivity contribution in [2.75, 3.05) is 13.1 Å². The zero-order valence-corrected chi connectivity index (χ0v) is 13.6. The Hall–Kier alpha value is -0.860. The zero-order valence-electron chi connectivity index (χ0n) is 13.6. The summed E-state index contributed by atoms with van der Waals surface area (Å²) in [4.78, 5) is 2.68. The lowest BCUT2D eigenvalue weighted by molar-refractivity contribution is 0.136. The third-order valence-electron chi connectivity index (χ3n) is 5.43. The molecule has 2 N–H and O–H groups in total. The van der Waals surface area contributed by atoms with Crippen LogP contribution in [0.1, 0.15) is 68.9 Å². The summed E-state index contributed by atoms with van der Waals surface area (Å²) >= 11 is 0. The minimum atomic E-state index is 0.342. The van der Waals surface area contributed by atoms with Crippen molar-refractivity contribution < 1.29 is 0 Å². The van der Waals surface area contributed by atoms with Gasteiger partial charge in [0, 0.05) is 25.2 Å². The van der Waals surface area contributed by atoms with E-state index in [9.17, 15) is 0 Å². The summed E-state index contributed by atoms with van der Waals surface area (Å²) in [6.45, 7) is 6.82. The second-order valence-electron chi connectivity index (χ2n) is 7.41. The summed E-state index contributed by atoms with van der Waals surface area (Å²) < 4.78 is 0. The largest absolute Gasteiger partial charge is 0.327 e. The number of hydrogen-bond donors (Lipinski definition) is 1. The summed E-state index contributed by atoms with van der Waals surface area (Å²) in [5.41, 5.74) is 9.28. The predicted molar refractivity (Wildman–Crippen MR) is 89.7 cm³/mol. The fourth-order valence-electron chi connectivity index (χ4n) is 4.14. The first-order valence-electron chi connectivity index (χ1n) is 8.73. The van der Waals surface area contributed by atoms with Crippen molar-refractivity contribution in [1.29, 1.82) is 0 Å². The van der Waals surface area contributed by atoms with Crippen molar-refractivity contribution in [1.82, 2.24) is 4.90 Å². The fraction of sp³-hybridized carbons (Fsp3) is 0.684. The van der Waals surface area contributed by atoms with Crippen LogP contribution in [-0.4, -0.2) is 30.1 Å². The van der Waals surface area contributed by atoms with Crippen molar-refractivity contribution in [3.8, 4) is 0 Å². The molecule has 21 heavy (non-hydrogen) atoms. The number of nitrogens with two attached hydrogens (primary N) is 1. The molecule has 1 saturated carbocycles. The Bertz CT molecular complexity index is 445. The number of piperidine rings is 1. The van der Waals surface area contributed by atoms with Crippen LogP contribution in [-0.2, 0) is 0 Å². The van der Waals surface area contributed by atoms with Crippen molar-refractivity contribution in [3.63, 3.8) is 0 Å². The van der Waals surface area contributed by atoms with E-state index in [1.807, 2.05) is 0 Å². The zero-order chi connectivity index (χ0) is 14.8. The van der Waals surface area contributed by atoms with Crippen LogP contribution in [0.15, 0.2) is 24.3 Å². The van der Waals surface area contributed by atoms with Crippen LogP contribution < -0.4 is 5.73 Å². The molecule has 0 spiro atoms. The molecular weight excluding hydrogens is 256 g/mol. The van der Waals surface area contributed by atoms with Crippen LogP contribution in [0.3, 0.4) is 0 Å². The van der Waals surface area contributed by atoms with Gasteiger partial charge in [-0.2, -0.15) is 0 Å². The van der Waals surface area contributed by atoms with Gasteiger partial charge in [-0.05, 0) is 42.2 Å². The van der Waals surface area contributed by atoms with Crippen molar-refractivity contribution in [2.24, 2.45) is 5.73 Å². The molecule has 3 rings (SSSR count). The first-order chi connectivity index (χ1) is 10.1. The summed E-state index contributed by atoms with van der Waals surface area (Å²) in [5, 5.41) is 0. The Morgan fingerprint density at radius 3 is 2.33 bits per heavy atom. The number of likely N-dealkylation sites (tertiary alicyclic amines) is 1. The summed E-state index contributed by atoms with van der Waals surface area (Å²) in [6, 6.07) is 10.4. The van der Waals surface area contributed by atoms with Gasteiger partial charge >= 0.3 is 0 Å². The molecule has 1 aromatic carbocycles. The van der Waals surface area contributed by atoms with E-state index in [1.54, 1.807) is 0 Å². The van der Waals surface area contributed by atoms with Gasteiger partial charge < -0.3 is 5.73 Å². The van der Waals surface area contributed by atoms with Crippen LogP contribution in [0, 0.1) is 0 Å². The smallest absolute Gasteiger partial charge is 0.0174 e. The van der Waals surface area contributed by atoms with Crippen molar-refractivity contribution in [2.45, 2.75) is 69.9 Å². The van der Waals surface area contributed by atoms with Gasteiger partial charge in [0.25, 0.3) is 0 Å². The lowest BCUT2D eigenvalue weighted by Gasteiger charge is -2.40. The van der Waals surface area contributed by atoms with E-state index in [1.165, 1.54) is 43.4 Å². The molecule has 116 valence electrons. The van der Waals surface area contributed by atoms with E-state index in [0.717, 1.165) is 19.0 Å². The molecule has 1 saturated heterocycles. The predicted octanol–water partition coefficient (Wildman–Crippen LogP) is 3.87. The molecule has 2 atom stereocenters. The number of benzene rings is 1. The molecule has 2 fully saturated rings. The molecule has 1 heterocycles. The maximum absolute atomic E-state index is 6.36. The maximum Gasteiger partial charge on any atom is 0.0174 e. The molecular formula is C19H30N2. The van der Waals surface area contributed by atoms with E-state index in [4.69, 9.17) is 5.73 Å². The van der Waals surface area contributed by atoms with E-state index in [-0.39, 0.29) is 0 Å². The van der Waals surface area contributed by atoms with E-state index < -0.39 is 0 Å². The molecule has 0 radical (unpaired) electrons. The van der Waals surface area contributed by atoms with Gasteiger partial charge in [0.15, 0.2) is 0 Å². The average Bonchev–Trinajstić information content (AvgIpc) is 3.01. The lowest BCUT2D eigenvalue weighted by Crippen LogP contribution is -2.49. The van der Waals surface area contributed by atoms with Gasteiger partial charge in [-0.25, -0.2) is 0 Å². The van der Waals surface area contributed by atoms with Crippen molar-refractivity contribution in [3.05, 3.63) is 35.4 Å². The third-order valence-corrected chi connectivity index (χ3v) is 5.43. The summed E-state index contributed by atoms with van der Waals surface area (Å²) in [7, 11) is 0. The molecule has 2 unspecified atom stereocenters. The highest BCUT2D eigenvalue weighted by Gasteiger charge is 2.31. The van der Waals surface area contributed by atoms with E-state index in [2.05, 4.69) is 43.0 Å². The molecule has 2 aliphatic rings. The normalized spacial score (nSPS) is 28.4. The Kier molecular flexibility index (Phi) is 4.66. The Labute approximate surface area is 129 Å². The second kappa shape index (κ2) is 6.50. The first kappa shape index (κ1) is 15.1. The minimum Gasteiger partial charge on any atom is -0.327 e. The number of nitrogens with zero attached hydrogens (tertiary/aromatic N) is 1. The van der Waals surface area contributed by atoms with Crippen LogP contribution in [0.25, 0.3) is 0 Å². The molecule has 1 aliphatic heterocycles. The van der Waals surface area contributed by atoms with Crippen LogP contribution in [0.2, 0.25) is 0 Å². The highest BCUT2D eigenvalue weighted by Crippen LogP contribution is 2.32. The molecule has 0 aromatic heterocycles. The first-order valence-corrected chi connectivity index (χ1v) is 8.73. The van der Waals surface area contributed by atoms with Crippen LogP contribution >= 0.6 is 0 Å². The Balaban J connectivity index is 1.71. The van der Waals surface area contributed by atoms with Gasteiger partial charge in [0.05, 0.1) is 0 Å². The minimum absolute atomic E-state index is 0.342. The van der Waals surface area contributed by atoms with Gasteiger partial charge in [-0.1, -0.05) is 51.0 Å². The molecule has 2 heteroatoms. The quantitative estimate of drug-likeness (QED) is 0.914. The van der Waals surface area contributed by atoms with Gasteiger partial charge in [-0.15, -0.1) is 0 Å². The molecule has 1 aliphatic carbocycles. The molecule has 0 amide bonds. The highest BCUT2D eigenvalue weighted by atomic mass is 15.2. The van der Waals surface area contributed by atoms with Gasteiger partial charge in [0.1, 0.15) is 0 Å². The van der Waals surface area contributed by atoms with E-state index >= 15 is 0 Å². The topological polar surface area (TPSA) is 29.3 Å². The number of rotatable bonds is 3. The highest BCUT2D eigenvalue weighted by molar-refractivity contribution is 5.28. The summed E-state index contributed by atoms with van der Waals surface area (Å²) in [6.07, 6.45) is 6.72. The average molecular weight is 286 g/mol. The Morgan fingerprint density at radius 2 is 1.71 bits per heavy atom. The third kappa shape index (κ3) is 3.49. The molecule has 2 nitrogen and oxygen atoms in total. The molecule has 0 bridgehead atoms. The van der Waals surface area contributed by atoms with Gasteiger partial charge in [-0.3, -0.25) is 4.90 Å². The van der Waals surface area contributed by atoms with Crippen LogP contribution in [0.5, 0.6) is 0 Å². The van der Waals surface area contributed by atoms with Crippen LogP contribution in [0.4, 0.5) is 0 Å². The van der Waals surface area contributed by atoms with Crippen molar-refractivity contribution >= 4 is 0 Å². The standard InChI is InChI=1S/C19H30N2/c1-14(2)15-7-9-16(10-8-15)17-11-18(20)13-21(12-17)19-5-3-4-6-19/h7-10,14,17-19H,3-6,11-13,20H2,1-2H3. The van der Waals surface area contributed by atoms with E-state index in [0.29, 0.717) is 17.9 Å². The maximum atomic E-state index is 6.36. The fourth-order valence-corrected chi connectivity index (χ4v) is 4.14. The Morgan fingerprint density at radius 1 is 1.05 bits per heavy atom.